The first kappa shape index (κ1) is 11.6. The Morgan fingerprint density at radius 1 is 1.50 bits per heavy atom. The zero-order chi connectivity index (χ0) is 11.5. The number of hydrogen-bond acceptors (Lipinski definition) is 2. The highest BCUT2D eigenvalue weighted by molar-refractivity contribution is 5.12. The Morgan fingerprint density at radius 2 is 2.31 bits per heavy atom. The van der Waals surface area contributed by atoms with Crippen molar-refractivity contribution in [2.75, 3.05) is 13.1 Å². The van der Waals surface area contributed by atoms with Gasteiger partial charge in [-0.3, -0.25) is 4.68 Å². The maximum absolute atomic E-state index is 4.52. The van der Waals surface area contributed by atoms with Crippen molar-refractivity contribution in [1.29, 1.82) is 0 Å². The van der Waals surface area contributed by atoms with Crippen LogP contribution in [0.25, 0.3) is 0 Å². The number of aromatic nitrogens is 2. The molecule has 1 aliphatic carbocycles. The van der Waals surface area contributed by atoms with Gasteiger partial charge in [0.05, 0.1) is 5.69 Å². The van der Waals surface area contributed by atoms with E-state index in [1.807, 2.05) is 17.9 Å². The summed E-state index contributed by atoms with van der Waals surface area (Å²) in [6.07, 6.45) is 4.71. The fourth-order valence-corrected chi connectivity index (χ4v) is 2.39. The van der Waals surface area contributed by atoms with Crippen LogP contribution < -0.4 is 5.32 Å². The monoisotopic (exact) mass is 221 g/mol. The summed E-state index contributed by atoms with van der Waals surface area (Å²) in [4.78, 5) is 0. The van der Waals surface area contributed by atoms with Crippen LogP contribution in [0.15, 0.2) is 12.3 Å². The van der Waals surface area contributed by atoms with Crippen molar-refractivity contribution in [3.63, 3.8) is 0 Å². The molecule has 3 nitrogen and oxygen atoms in total. The minimum absolute atomic E-state index is 0.695. The van der Waals surface area contributed by atoms with E-state index < -0.39 is 0 Å². The van der Waals surface area contributed by atoms with Crippen LogP contribution >= 0.6 is 0 Å². The van der Waals surface area contributed by atoms with Crippen molar-refractivity contribution >= 4 is 0 Å². The highest BCUT2D eigenvalue weighted by Crippen LogP contribution is 2.41. The second-order valence-corrected chi connectivity index (χ2v) is 5.41. The SMILES string of the molecule is CC(C)CNCC1CCC1c1ccn(C)n1. The molecule has 1 aromatic heterocycles. The van der Waals surface area contributed by atoms with E-state index in [-0.39, 0.29) is 0 Å². The van der Waals surface area contributed by atoms with Gasteiger partial charge in [-0.1, -0.05) is 13.8 Å². The van der Waals surface area contributed by atoms with Crippen molar-refractivity contribution in [1.82, 2.24) is 15.1 Å². The molecule has 0 saturated heterocycles. The van der Waals surface area contributed by atoms with E-state index in [1.54, 1.807) is 0 Å². The summed E-state index contributed by atoms with van der Waals surface area (Å²) in [5.74, 6) is 2.24. The number of aryl methyl sites for hydroxylation is 1. The first-order chi connectivity index (χ1) is 7.66. The second kappa shape index (κ2) is 5.00. The zero-order valence-corrected chi connectivity index (χ0v) is 10.6. The van der Waals surface area contributed by atoms with E-state index in [1.165, 1.54) is 18.5 Å². The van der Waals surface area contributed by atoms with Crippen LogP contribution in [0, 0.1) is 11.8 Å². The Kier molecular flexibility index (Phi) is 3.64. The van der Waals surface area contributed by atoms with Gasteiger partial charge in [0, 0.05) is 19.2 Å². The summed E-state index contributed by atoms with van der Waals surface area (Å²) < 4.78 is 1.91. The van der Waals surface area contributed by atoms with Gasteiger partial charge in [0.25, 0.3) is 0 Å². The van der Waals surface area contributed by atoms with Crippen LogP contribution in [0.4, 0.5) is 0 Å². The molecule has 0 amide bonds. The highest BCUT2D eigenvalue weighted by Gasteiger charge is 2.33. The van der Waals surface area contributed by atoms with Crippen molar-refractivity contribution < 1.29 is 0 Å². The Bertz CT molecular complexity index is 330. The Morgan fingerprint density at radius 3 is 2.81 bits per heavy atom. The first-order valence-corrected chi connectivity index (χ1v) is 6.37. The van der Waals surface area contributed by atoms with Crippen molar-refractivity contribution in [2.24, 2.45) is 18.9 Å². The maximum Gasteiger partial charge on any atom is 0.0658 e. The van der Waals surface area contributed by atoms with Gasteiger partial charge >= 0.3 is 0 Å². The smallest absolute Gasteiger partial charge is 0.0658 e. The van der Waals surface area contributed by atoms with E-state index in [0.29, 0.717) is 5.92 Å². The van der Waals surface area contributed by atoms with Gasteiger partial charge in [0.15, 0.2) is 0 Å². The number of rotatable bonds is 5. The predicted molar refractivity (Wildman–Crippen MR) is 66.4 cm³/mol. The second-order valence-electron chi connectivity index (χ2n) is 5.41. The fourth-order valence-electron chi connectivity index (χ4n) is 2.39. The fraction of sp³-hybridized carbons (Fsp3) is 0.769. The Hall–Kier alpha value is -0.830. The molecule has 2 unspecified atom stereocenters. The summed E-state index contributed by atoms with van der Waals surface area (Å²) in [5, 5.41) is 8.07. The summed E-state index contributed by atoms with van der Waals surface area (Å²) in [6.45, 7) is 6.79. The average Bonchev–Trinajstić information content (AvgIpc) is 2.57. The molecular weight excluding hydrogens is 198 g/mol. The van der Waals surface area contributed by atoms with E-state index in [9.17, 15) is 0 Å². The molecule has 0 aliphatic heterocycles. The van der Waals surface area contributed by atoms with Crippen LogP contribution in [0.1, 0.15) is 38.3 Å². The lowest BCUT2D eigenvalue weighted by Gasteiger charge is -2.35. The van der Waals surface area contributed by atoms with Crippen molar-refractivity contribution in [3.8, 4) is 0 Å². The molecule has 1 fully saturated rings. The number of nitrogens with one attached hydrogen (secondary N) is 1. The topological polar surface area (TPSA) is 29.9 Å². The molecule has 16 heavy (non-hydrogen) atoms. The molecule has 2 atom stereocenters. The molecule has 90 valence electrons. The van der Waals surface area contributed by atoms with Gasteiger partial charge in [-0.15, -0.1) is 0 Å². The maximum atomic E-state index is 4.52. The number of nitrogens with zero attached hydrogens (tertiary/aromatic N) is 2. The van der Waals surface area contributed by atoms with Gasteiger partial charge in [-0.05, 0) is 43.8 Å². The summed E-state index contributed by atoms with van der Waals surface area (Å²) in [6, 6.07) is 2.17. The van der Waals surface area contributed by atoms with Crippen LogP contribution in [0.5, 0.6) is 0 Å². The van der Waals surface area contributed by atoms with Crippen LogP contribution in [-0.4, -0.2) is 22.9 Å². The predicted octanol–water partition coefficient (Wildman–Crippen LogP) is 2.16. The third kappa shape index (κ3) is 2.64. The largest absolute Gasteiger partial charge is 0.316 e. The van der Waals surface area contributed by atoms with Crippen LogP contribution in [0.2, 0.25) is 0 Å². The average molecular weight is 221 g/mol. The van der Waals surface area contributed by atoms with Gasteiger partial charge in [-0.2, -0.15) is 5.10 Å². The Labute approximate surface area is 98.2 Å². The molecule has 1 N–H and O–H groups in total. The van der Waals surface area contributed by atoms with Gasteiger partial charge in [-0.25, -0.2) is 0 Å². The minimum Gasteiger partial charge on any atom is -0.316 e. The number of hydrogen-bond donors (Lipinski definition) is 1. The zero-order valence-electron chi connectivity index (χ0n) is 10.6. The van der Waals surface area contributed by atoms with Gasteiger partial charge in [0.2, 0.25) is 0 Å². The highest BCUT2D eigenvalue weighted by atomic mass is 15.2. The normalized spacial score (nSPS) is 24.8. The molecular formula is C13H23N3. The van der Waals surface area contributed by atoms with Crippen molar-refractivity contribution in [3.05, 3.63) is 18.0 Å². The minimum atomic E-state index is 0.695. The summed E-state index contributed by atoms with van der Waals surface area (Å²) in [5.41, 5.74) is 1.28. The third-order valence-electron chi connectivity index (χ3n) is 3.49. The van der Waals surface area contributed by atoms with Gasteiger partial charge < -0.3 is 5.32 Å². The molecule has 0 bridgehead atoms. The molecule has 1 saturated carbocycles. The van der Waals surface area contributed by atoms with E-state index >= 15 is 0 Å². The van der Waals surface area contributed by atoms with E-state index in [4.69, 9.17) is 0 Å². The van der Waals surface area contributed by atoms with Crippen LogP contribution in [0.3, 0.4) is 0 Å². The first-order valence-electron chi connectivity index (χ1n) is 6.37. The Balaban J connectivity index is 1.80. The molecule has 1 aromatic rings. The van der Waals surface area contributed by atoms with E-state index in [2.05, 4.69) is 30.3 Å². The summed E-state index contributed by atoms with van der Waals surface area (Å²) >= 11 is 0. The van der Waals surface area contributed by atoms with Crippen molar-refractivity contribution in [2.45, 2.75) is 32.6 Å². The quantitative estimate of drug-likeness (QED) is 0.825. The van der Waals surface area contributed by atoms with E-state index in [0.717, 1.165) is 24.9 Å². The lowest BCUT2D eigenvalue weighted by Crippen LogP contribution is -2.35. The molecule has 1 heterocycles. The lowest BCUT2D eigenvalue weighted by molar-refractivity contribution is 0.238. The molecule has 1 aliphatic rings. The van der Waals surface area contributed by atoms with Crippen LogP contribution in [-0.2, 0) is 7.05 Å². The molecule has 0 spiro atoms. The molecule has 3 heteroatoms. The molecule has 0 radical (unpaired) electrons. The van der Waals surface area contributed by atoms with Gasteiger partial charge in [0.1, 0.15) is 0 Å². The standard InChI is InChI=1S/C13H23N3/c1-10(2)8-14-9-11-4-5-12(11)13-6-7-16(3)15-13/h6-7,10-12,14H,4-5,8-9H2,1-3H3. The lowest BCUT2D eigenvalue weighted by atomic mass is 9.72. The third-order valence-corrected chi connectivity index (χ3v) is 3.49. The summed E-state index contributed by atoms with van der Waals surface area (Å²) in [7, 11) is 1.99. The molecule has 2 rings (SSSR count). The molecule has 0 aromatic carbocycles.